The fourth-order valence-corrected chi connectivity index (χ4v) is 2.67. The van der Waals surface area contributed by atoms with Crippen LogP contribution in [0, 0.1) is 27.7 Å². The predicted molar refractivity (Wildman–Crippen MR) is 85.1 cm³/mol. The number of hydrogen-bond acceptors (Lipinski definition) is 2. The summed E-state index contributed by atoms with van der Waals surface area (Å²) in [5, 5.41) is 3.43. The summed E-state index contributed by atoms with van der Waals surface area (Å²) in [6.07, 6.45) is 0.996. The van der Waals surface area contributed by atoms with E-state index in [0.29, 0.717) is 6.04 Å². The smallest absolute Gasteiger partial charge is 0.0423 e. The molecule has 2 rings (SSSR count). The second-order valence-corrected chi connectivity index (χ2v) is 5.60. The lowest BCUT2D eigenvalue weighted by Crippen LogP contribution is -2.20. The predicted octanol–water partition coefficient (Wildman–Crippen LogP) is 3.82. The van der Waals surface area contributed by atoms with Crippen LogP contribution in [0.4, 0.5) is 0 Å². The maximum atomic E-state index is 4.58. The van der Waals surface area contributed by atoms with E-state index in [9.17, 15) is 0 Å². The van der Waals surface area contributed by atoms with Crippen LogP contribution in [0.1, 0.15) is 39.7 Å². The molecule has 1 aromatic carbocycles. The van der Waals surface area contributed by atoms with Gasteiger partial charge in [0.15, 0.2) is 0 Å². The minimum Gasteiger partial charge on any atom is -0.313 e. The molecular weight excluding hydrogens is 244 g/mol. The first-order chi connectivity index (χ1) is 9.51. The standard InChI is InChI=1S/C18H24N2/c1-12-6-7-13(2)16(10-12)11-18(19-5)17-9-8-14(3)20-15(17)4/h6-10,18-19H,11H2,1-5H3. The van der Waals surface area contributed by atoms with Crippen molar-refractivity contribution in [3.8, 4) is 0 Å². The van der Waals surface area contributed by atoms with Crippen molar-refractivity contribution in [1.29, 1.82) is 0 Å². The van der Waals surface area contributed by atoms with Gasteiger partial charge in [0.05, 0.1) is 0 Å². The third kappa shape index (κ3) is 3.26. The highest BCUT2D eigenvalue weighted by molar-refractivity contribution is 5.34. The Balaban J connectivity index is 2.31. The van der Waals surface area contributed by atoms with Crippen LogP contribution in [0.25, 0.3) is 0 Å². The molecule has 0 saturated carbocycles. The van der Waals surface area contributed by atoms with Crippen LogP contribution in [-0.2, 0) is 6.42 Å². The largest absolute Gasteiger partial charge is 0.313 e. The van der Waals surface area contributed by atoms with E-state index in [1.807, 2.05) is 14.0 Å². The molecule has 0 radical (unpaired) electrons. The molecule has 1 N–H and O–H groups in total. The van der Waals surface area contributed by atoms with Crippen molar-refractivity contribution >= 4 is 0 Å². The topological polar surface area (TPSA) is 24.9 Å². The van der Waals surface area contributed by atoms with Crippen molar-refractivity contribution in [1.82, 2.24) is 10.3 Å². The van der Waals surface area contributed by atoms with Crippen LogP contribution >= 0.6 is 0 Å². The molecule has 0 saturated heterocycles. The van der Waals surface area contributed by atoms with Crippen molar-refractivity contribution in [3.05, 3.63) is 64.0 Å². The van der Waals surface area contributed by atoms with Crippen molar-refractivity contribution in [2.45, 2.75) is 40.2 Å². The fraction of sp³-hybridized carbons (Fsp3) is 0.389. The molecule has 106 valence electrons. The molecule has 20 heavy (non-hydrogen) atoms. The minimum atomic E-state index is 0.309. The summed E-state index contributed by atoms with van der Waals surface area (Å²) >= 11 is 0. The molecule has 2 heteroatoms. The van der Waals surface area contributed by atoms with Crippen LogP contribution in [0.2, 0.25) is 0 Å². The highest BCUT2D eigenvalue weighted by Gasteiger charge is 2.14. The van der Waals surface area contributed by atoms with Gasteiger partial charge in [-0.2, -0.15) is 0 Å². The molecule has 0 amide bonds. The van der Waals surface area contributed by atoms with Gasteiger partial charge in [-0.25, -0.2) is 0 Å². The van der Waals surface area contributed by atoms with Crippen LogP contribution in [0.3, 0.4) is 0 Å². The van der Waals surface area contributed by atoms with E-state index in [1.54, 1.807) is 0 Å². The summed E-state index contributed by atoms with van der Waals surface area (Å²) in [7, 11) is 2.02. The molecule has 1 heterocycles. The number of likely N-dealkylation sites (N-methyl/N-ethyl adjacent to an activating group) is 1. The van der Waals surface area contributed by atoms with Gasteiger partial charge in [0, 0.05) is 17.4 Å². The number of aryl methyl sites for hydroxylation is 4. The Labute approximate surface area is 122 Å². The van der Waals surface area contributed by atoms with E-state index >= 15 is 0 Å². The second-order valence-electron chi connectivity index (χ2n) is 5.60. The molecule has 1 aromatic heterocycles. The number of aromatic nitrogens is 1. The average molecular weight is 268 g/mol. The van der Waals surface area contributed by atoms with Gasteiger partial charge >= 0.3 is 0 Å². The number of nitrogens with zero attached hydrogens (tertiary/aromatic N) is 1. The first-order valence-electron chi connectivity index (χ1n) is 7.19. The number of benzene rings is 1. The van der Waals surface area contributed by atoms with E-state index < -0.39 is 0 Å². The second kappa shape index (κ2) is 6.19. The summed E-state index contributed by atoms with van der Waals surface area (Å²) in [4.78, 5) is 4.58. The van der Waals surface area contributed by atoms with E-state index in [-0.39, 0.29) is 0 Å². The number of nitrogens with one attached hydrogen (secondary N) is 1. The van der Waals surface area contributed by atoms with E-state index in [2.05, 4.69) is 61.4 Å². The molecular formula is C18H24N2. The molecule has 2 aromatic rings. The van der Waals surface area contributed by atoms with Gasteiger partial charge < -0.3 is 5.32 Å². The van der Waals surface area contributed by atoms with E-state index in [1.165, 1.54) is 22.3 Å². The number of hydrogen-bond donors (Lipinski definition) is 1. The monoisotopic (exact) mass is 268 g/mol. The normalized spacial score (nSPS) is 12.4. The Bertz CT molecular complexity index is 602. The maximum absolute atomic E-state index is 4.58. The zero-order chi connectivity index (χ0) is 14.7. The van der Waals surface area contributed by atoms with Crippen molar-refractivity contribution < 1.29 is 0 Å². The Morgan fingerprint density at radius 1 is 1.05 bits per heavy atom. The first-order valence-corrected chi connectivity index (χ1v) is 7.19. The fourth-order valence-electron chi connectivity index (χ4n) is 2.67. The van der Waals surface area contributed by atoms with Gasteiger partial charge in [0.1, 0.15) is 0 Å². The Morgan fingerprint density at radius 2 is 1.80 bits per heavy atom. The Hall–Kier alpha value is -1.67. The summed E-state index contributed by atoms with van der Waals surface area (Å²) in [6, 6.07) is 11.3. The highest BCUT2D eigenvalue weighted by atomic mass is 14.9. The molecule has 0 spiro atoms. The molecule has 2 nitrogen and oxygen atoms in total. The van der Waals surface area contributed by atoms with Crippen molar-refractivity contribution in [2.75, 3.05) is 7.05 Å². The molecule has 0 aliphatic rings. The van der Waals surface area contributed by atoms with Crippen LogP contribution in [0.15, 0.2) is 30.3 Å². The zero-order valence-corrected chi connectivity index (χ0v) is 13.1. The summed E-state index contributed by atoms with van der Waals surface area (Å²) < 4.78 is 0. The Kier molecular flexibility index (Phi) is 4.56. The number of rotatable bonds is 4. The zero-order valence-electron chi connectivity index (χ0n) is 13.1. The summed E-state index contributed by atoms with van der Waals surface area (Å²) in [5.41, 5.74) is 7.57. The quantitative estimate of drug-likeness (QED) is 0.912. The van der Waals surface area contributed by atoms with Gasteiger partial charge in [-0.05, 0) is 63.9 Å². The third-order valence-electron chi connectivity index (χ3n) is 3.92. The highest BCUT2D eigenvalue weighted by Crippen LogP contribution is 2.23. The first kappa shape index (κ1) is 14.7. The van der Waals surface area contributed by atoms with Crippen LogP contribution < -0.4 is 5.32 Å². The lowest BCUT2D eigenvalue weighted by molar-refractivity contribution is 0.584. The average Bonchev–Trinajstić information content (AvgIpc) is 2.40. The van der Waals surface area contributed by atoms with Gasteiger partial charge in [-0.15, -0.1) is 0 Å². The van der Waals surface area contributed by atoms with Crippen molar-refractivity contribution in [2.24, 2.45) is 0 Å². The third-order valence-corrected chi connectivity index (χ3v) is 3.92. The van der Waals surface area contributed by atoms with Crippen LogP contribution in [0.5, 0.6) is 0 Å². The van der Waals surface area contributed by atoms with E-state index in [0.717, 1.165) is 17.8 Å². The van der Waals surface area contributed by atoms with E-state index in [4.69, 9.17) is 0 Å². The lowest BCUT2D eigenvalue weighted by atomic mass is 9.94. The molecule has 1 atom stereocenters. The van der Waals surface area contributed by atoms with Crippen molar-refractivity contribution in [3.63, 3.8) is 0 Å². The van der Waals surface area contributed by atoms with Gasteiger partial charge in [0.25, 0.3) is 0 Å². The van der Waals surface area contributed by atoms with Gasteiger partial charge in [-0.1, -0.05) is 29.8 Å². The molecule has 0 fully saturated rings. The van der Waals surface area contributed by atoms with Gasteiger partial charge in [0.2, 0.25) is 0 Å². The summed E-state index contributed by atoms with van der Waals surface area (Å²) in [6.45, 7) is 8.46. The molecule has 0 bridgehead atoms. The SMILES string of the molecule is CNC(Cc1cc(C)ccc1C)c1ccc(C)nc1C. The maximum Gasteiger partial charge on any atom is 0.0423 e. The minimum absolute atomic E-state index is 0.309. The van der Waals surface area contributed by atoms with Gasteiger partial charge in [-0.3, -0.25) is 4.98 Å². The molecule has 0 aliphatic carbocycles. The Morgan fingerprint density at radius 3 is 2.45 bits per heavy atom. The van der Waals surface area contributed by atoms with Crippen LogP contribution in [-0.4, -0.2) is 12.0 Å². The molecule has 1 unspecified atom stereocenters. The summed E-state index contributed by atoms with van der Waals surface area (Å²) in [5.74, 6) is 0. The number of pyridine rings is 1. The lowest BCUT2D eigenvalue weighted by Gasteiger charge is -2.20. The molecule has 0 aliphatic heterocycles.